The van der Waals surface area contributed by atoms with Crippen molar-refractivity contribution in [1.29, 1.82) is 0 Å². The SMILES string of the molecule is CCO[Si](C)(OC)OCCCCOCC1CO1.CCO[Si](OC)(OC)OCCCCOCC1CO1. The van der Waals surface area contributed by atoms with Crippen molar-refractivity contribution in [3.8, 4) is 0 Å². The molecular formula is C22H48O11Si2. The number of hydrogen-bond donors (Lipinski definition) is 0. The zero-order valence-corrected chi connectivity index (χ0v) is 24.5. The van der Waals surface area contributed by atoms with Crippen LogP contribution in [0.25, 0.3) is 0 Å². The minimum atomic E-state index is -2.88. The van der Waals surface area contributed by atoms with E-state index in [1.54, 1.807) is 21.3 Å². The normalized spacial score (nSPS) is 20.7. The molecule has 0 aliphatic carbocycles. The summed E-state index contributed by atoms with van der Waals surface area (Å²) in [4.78, 5) is 0. The molecule has 35 heavy (non-hydrogen) atoms. The molecule has 2 aliphatic heterocycles. The van der Waals surface area contributed by atoms with Crippen LogP contribution in [0.1, 0.15) is 39.5 Å². The van der Waals surface area contributed by atoms with Crippen LogP contribution in [0.2, 0.25) is 6.55 Å². The fraction of sp³-hybridized carbons (Fsp3) is 1.00. The Bertz CT molecular complexity index is 494. The highest BCUT2D eigenvalue weighted by Gasteiger charge is 2.42. The molecule has 2 rings (SSSR count). The lowest BCUT2D eigenvalue weighted by molar-refractivity contribution is -0.00785. The summed E-state index contributed by atoms with van der Waals surface area (Å²) < 4.78 is 58.9. The van der Waals surface area contributed by atoms with E-state index >= 15 is 0 Å². The van der Waals surface area contributed by atoms with Gasteiger partial charge in [-0.25, -0.2) is 0 Å². The molecule has 11 nitrogen and oxygen atoms in total. The molecule has 0 aromatic carbocycles. The van der Waals surface area contributed by atoms with Crippen LogP contribution in [-0.4, -0.2) is 117 Å². The summed E-state index contributed by atoms with van der Waals surface area (Å²) >= 11 is 0. The summed E-state index contributed by atoms with van der Waals surface area (Å²) in [5.74, 6) is 0. The molecule has 0 aromatic rings. The second-order valence-electron chi connectivity index (χ2n) is 8.01. The average molecular weight is 545 g/mol. The Balaban J connectivity index is 0.000000351. The minimum absolute atomic E-state index is 0.334. The van der Waals surface area contributed by atoms with Gasteiger partial charge in [0.1, 0.15) is 12.2 Å². The van der Waals surface area contributed by atoms with Crippen LogP contribution in [-0.2, 0) is 49.9 Å². The zero-order valence-electron chi connectivity index (χ0n) is 22.5. The third-order valence-electron chi connectivity index (χ3n) is 5.02. The number of epoxide rings is 2. The van der Waals surface area contributed by atoms with Crippen LogP contribution in [0, 0.1) is 0 Å². The van der Waals surface area contributed by atoms with Gasteiger partial charge < -0.3 is 49.9 Å². The van der Waals surface area contributed by atoms with E-state index in [1.807, 2.05) is 20.4 Å². The molecule has 3 atom stereocenters. The number of ether oxygens (including phenoxy) is 4. The van der Waals surface area contributed by atoms with E-state index < -0.39 is 17.9 Å². The number of rotatable bonds is 23. The maximum atomic E-state index is 5.67. The molecule has 0 N–H and O–H groups in total. The number of unbranched alkanes of at least 4 members (excludes halogenated alkanes) is 2. The van der Waals surface area contributed by atoms with Crippen LogP contribution in [0.4, 0.5) is 0 Å². The van der Waals surface area contributed by atoms with Gasteiger partial charge in [0.05, 0.1) is 26.4 Å². The van der Waals surface area contributed by atoms with E-state index in [0.717, 1.165) is 58.7 Å². The Morgan fingerprint density at radius 2 is 1.09 bits per heavy atom. The van der Waals surface area contributed by atoms with Crippen molar-refractivity contribution in [3.63, 3.8) is 0 Å². The van der Waals surface area contributed by atoms with E-state index in [1.165, 1.54) is 0 Å². The first-order valence-corrected chi connectivity index (χ1v) is 16.4. The van der Waals surface area contributed by atoms with Gasteiger partial charge >= 0.3 is 17.9 Å². The summed E-state index contributed by atoms with van der Waals surface area (Å²) in [6.07, 6.45) is 4.48. The third kappa shape index (κ3) is 17.2. The van der Waals surface area contributed by atoms with Crippen molar-refractivity contribution in [2.75, 3.05) is 87.4 Å². The van der Waals surface area contributed by atoms with Crippen molar-refractivity contribution >= 4 is 17.9 Å². The highest BCUT2D eigenvalue weighted by molar-refractivity contribution is 6.59. The van der Waals surface area contributed by atoms with Crippen molar-refractivity contribution < 1.29 is 49.9 Å². The van der Waals surface area contributed by atoms with Gasteiger partial charge in [0, 0.05) is 67.5 Å². The Hall–Kier alpha value is -0.00623. The largest absolute Gasteiger partial charge is 0.679 e. The van der Waals surface area contributed by atoms with Crippen molar-refractivity contribution in [2.45, 2.75) is 58.3 Å². The average Bonchev–Trinajstić information content (AvgIpc) is 3.79. The Morgan fingerprint density at radius 3 is 1.49 bits per heavy atom. The van der Waals surface area contributed by atoms with E-state index in [-0.39, 0.29) is 0 Å². The van der Waals surface area contributed by atoms with Gasteiger partial charge in [-0.05, 0) is 39.5 Å². The van der Waals surface area contributed by atoms with Gasteiger partial charge in [0.25, 0.3) is 0 Å². The van der Waals surface area contributed by atoms with E-state index in [9.17, 15) is 0 Å². The molecule has 2 saturated heterocycles. The molecule has 0 saturated carbocycles. The second kappa shape index (κ2) is 20.0. The van der Waals surface area contributed by atoms with Crippen LogP contribution in [0.5, 0.6) is 0 Å². The lowest BCUT2D eigenvalue weighted by atomic mass is 10.3. The molecule has 2 fully saturated rings. The highest BCUT2D eigenvalue weighted by Crippen LogP contribution is 2.12. The monoisotopic (exact) mass is 544 g/mol. The van der Waals surface area contributed by atoms with Crippen LogP contribution >= 0.6 is 0 Å². The lowest BCUT2D eigenvalue weighted by Crippen LogP contribution is -2.47. The predicted octanol–water partition coefficient (Wildman–Crippen LogP) is 2.41. The molecule has 0 radical (unpaired) electrons. The Labute approximate surface area is 213 Å². The fourth-order valence-corrected chi connectivity index (χ4v) is 5.61. The topological polar surface area (TPSA) is 108 Å². The van der Waals surface area contributed by atoms with Gasteiger partial charge in [0.2, 0.25) is 0 Å². The minimum Gasteiger partial charge on any atom is -0.379 e. The van der Waals surface area contributed by atoms with Gasteiger partial charge in [-0.3, -0.25) is 0 Å². The van der Waals surface area contributed by atoms with E-state index in [2.05, 4.69) is 0 Å². The molecule has 2 heterocycles. The summed E-state index contributed by atoms with van der Waals surface area (Å²) in [7, 11) is -0.510. The van der Waals surface area contributed by atoms with E-state index in [4.69, 9.17) is 49.9 Å². The molecule has 0 bridgehead atoms. The smallest absolute Gasteiger partial charge is 0.379 e. The maximum Gasteiger partial charge on any atom is 0.679 e. The van der Waals surface area contributed by atoms with E-state index in [0.29, 0.717) is 45.2 Å². The summed E-state index contributed by atoms with van der Waals surface area (Å²) in [5.41, 5.74) is 0. The van der Waals surface area contributed by atoms with Crippen LogP contribution < -0.4 is 0 Å². The fourth-order valence-electron chi connectivity index (χ4n) is 2.78. The maximum absolute atomic E-state index is 5.67. The van der Waals surface area contributed by atoms with Gasteiger partial charge in [-0.1, -0.05) is 0 Å². The molecular weight excluding hydrogens is 496 g/mol. The van der Waals surface area contributed by atoms with Gasteiger partial charge in [0.15, 0.2) is 0 Å². The molecule has 210 valence electrons. The standard InChI is InChI=1S/C11H24O6Si.C11H24O5Si/c1-4-16-18(12-2,13-3)17-8-6-5-7-14-9-11-10-15-11;1-4-15-17(3,12-2)16-8-6-5-7-13-9-11-10-14-11/h11H,4-10H2,1-3H3;11H,4-10H2,1-3H3. The number of hydrogen-bond acceptors (Lipinski definition) is 11. The summed E-state index contributed by atoms with van der Waals surface area (Å²) in [5, 5.41) is 0. The first-order valence-electron chi connectivity index (χ1n) is 12.6. The molecule has 0 amide bonds. The summed E-state index contributed by atoms with van der Waals surface area (Å²) in [6.45, 7) is 12.7. The van der Waals surface area contributed by atoms with Crippen molar-refractivity contribution in [1.82, 2.24) is 0 Å². The van der Waals surface area contributed by atoms with Crippen LogP contribution in [0.3, 0.4) is 0 Å². The van der Waals surface area contributed by atoms with Crippen molar-refractivity contribution in [3.05, 3.63) is 0 Å². The first-order chi connectivity index (χ1) is 17.0. The molecule has 13 heteroatoms. The Morgan fingerprint density at radius 1 is 0.629 bits per heavy atom. The molecule has 3 unspecified atom stereocenters. The molecule has 2 aliphatic rings. The summed E-state index contributed by atoms with van der Waals surface area (Å²) in [6, 6.07) is 0. The second-order valence-corrected chi connectivity index (χ2v) is 13.1. The predicted molar refractivity (Wildman–Crippen MR) is 133 cm³/mol. The molecule has 0 spiro atoms. The van der Waals surface area contributed by atoms with Crippen molar-refractivity contribution in [2.24, 2.45) is 0 Å². The van der Waals surface area contributed by atoms with Gasteiger partial charge in [-0.2, -0.15) is 0 Å². The van der Waals surface area contributed by atoms with Gasteiger partial charge in [-0.15, -0.1) is 0 Å². The zero-order chi connectivity index (χ0) is 25.8. The Kier molecular flexibility index (Phi) is 18.9. The highest BCUT2D eigenvalue weighted by atomic mass is 28.4. The third-order valence-corrected chi connectivity index (χ3v) is 9.50. The molecule has 0 aromatic heterocycles. The van der Waals surface area contributed by atoms with Crippen LogP contribution in [0.15, 0.2) is 0 Å². The quantitative estimate of drug-likeness (QED) is 0.107. The first kappa shape index (κ1) is 33.0. The lowest BCUT2D eigenvalue weighted by Gasteiger charge is -2.24.